The standard InChI is InChI=1S/C20H22ClNO4/c1-13(23)22-16-8-5-14(6-9-16)17-11-15(21)7-10-18(17)25-12-19(24)26-20(2,3)4/h5-11H,12H2,1-4H3,(H,22,23). The third-order valence-corrected chi connectivity index (χ3v) is 3.46. The van der Waals surface area contributed by atoms with Gasteiger partial charge in [0.25, 0.3) is 0 Å². The topological polar surface area (TPSA) is 64.6 Å². The zero-order valence-electron chi connectivity index (χ0n) is 15.3. The molecule has 0 aliphatic heterocycles. The predicted octanol–water partition coefficient (Wildman–Crippen LogP) is 4.69. The van der Waals surface area contributed by atoms with Gasteiger partial charge in [-0.3, -0.25) is 4.79 Å². The van der Waals surface area contributed by atoms with E-state index in [0.29, 0.717) is 16.5 Å². The van der Waals surface area contributed by atoms with Crippen molar-refractivity contribution in [2.45, 2.75) is 33.3 Å². The summed E-state index contributed by atoms with van der Waals surface area (Å²) in [5.41, 5.74) is 1.72. The molecular formula is C20H22ClNO4. The molecule has 0 heterocycles. The number of halogens is 1. The number of ether oxygens (including phenoxy) is 2. The van der Waals surface area contributed by atoms with E-state index in [4.69, 9.17) is 21.1 Å². The van der Waals surface area contributed by atoms with Gasteiger partial charge >= 0.3 is 5.97 Å². The molecule has 1 N–H and O–H groups in total. The van der Waals surface area contributed by atoms with Crippen LogP contribution in [0.4, 0.5) is 5.69 Å². The van der Waals surface area contributed by atoms with E-state index in [9.17, 15) is 9.59 Å². The zero-order chi connectivity index (χ0) is 19.3. The molecule has 2 aromatic rings. The fraction of sp³-hybridized carbons (Fsp3) is 0.300. The molecule has 5 nitrogen and oxygen atoms in total. The summed E-state index contributed by atoms with van der Waals surface area (Å²) < 4.78 is 10.9. The second kappa shape index (κ2) is 8.23. The first-order valence-electron chi connectivity index (χ1n) is 8.16. The first kappa shape index (κ1) is 19.8. The second-order valence-corrected chi connectivity index (χ2v) is 7.21. The van der Waals surface area contributed by atoms with Gasteiger partial charge in [-0.25, -0.2) is 4.79 Å². The minimum absolute atomic E-state index is 0.137. The van der Waals surface area contributed by atoms with Gasteiger partial charge < -0.3 is 14.8 Å². The van der Waals surface area contributed by atoms with Crippen LogP contribution in [0.5, 0.6) is 5.75 Å². The van der Waals surface area contributed by atoms with Crippen LogP contribution in [0.3, 0.4) is 0 Å². The minimum atomic E-state index is -0.567. The van der Waals surface area contributed by atoms with Gasteiger partial charge in [-0.2, -0.15) is 0 Å². The maximum Gasteiger partial charge on any atom is 0.344 e. The van der Waals surface area contributed by atoms with E-state index in [1.807, 2.05) is 12.1 Å². The molecule has 26 heavy (non-hydrogen) atoms. The lowest BCUT2D eigenvalue weighted by molar-refractivity contribution is -0.157. The highest BCUT2D eigenvalue weighted by molar-refractivity contribution is 6.31. The molecule has 138 valence electrons. The molecule has 2 aromatic carbocycles. The summed E-state index contributed by atoms with van der Waals surface area (Å²) >= 11 is 6.11. The highest BCUT2D eigenvalue weighted by Crippen LogP contribution is 2.33. The molecule has 6 heteroatoms. The average Bonchev–Trinajstić information content (AvgIpc) is 2.52. The van der Waals surface area contributed by atoms with E-state index >= 15 is 0 Å². The third-order valence-electron chi connectivity index (χ3n) is 3.22. The third kappa shape index (κ3) is 6.08. The van der Waals surface area contributed by atoms with E-state index < -0.39 is 11.6 Å². The Kier molecular flexibility index (Phi) is 6.27. The van der Waals surface area contributed by atoms with E-state index in [1.54, 1.807) is 51.1 Å². The first-order valence-corrected chi connectivity index (χ1v) is 8.54. The Morgan fingerprint density at radius 2 is 1.73 bits per heavy atom. The Balaban J connectivity index is 2.19. The smallest absolute Gasteiger partial charge is 0.344 e. The number of esters is 1. The van der Waals surface area contributed by atoms with Gasteiger partial charge in [0.15, 0.2) is 6.61 Å². The molecule has 0 aliphatic rings. The Labute approximate surface area is 158 Å². The maximum absolute atomic E-state index is 11.9. The lowest BCUT2D eigenvalue weighted by atomic mass is 10.0. The van der Waals surface area contributed by atoms with E-state index in [-0.39, 0.29) is 12.5 Å². The van der Waals surface area contributed by atoms with Crippen LogP contribution in [0.25, 0.3) is 11.1 Å². The van der Waals surface area contributed by atoms with Crippen molar-refractivity contribution in [2.75, 3.05) is 11.9 Å². The summed E-state index contributed by atoms with van der Waals surface area (Å²) in [6.45, 7) is 6.66. The van der Waals surface area contributed by atoms with E-state index in [2.05, 4.69) is 5.32 Å². The van der Waals surface area contributed by atoms with Crippen molar-refractivity contribution in [1.29, 1.82) is 0 Å². The van der Waals surface area contributed by atoms with Crippen molar-refractivity contribution in [2.24, 2.45) is 0 Å². The molecule has 1 amide bonds. The number of carbonyl (C=O) groups is 2. The zero-order valence-corrected chi connectivity index (χ0v) is 16.0. The summed E-state index contributed by atoms with van der Waals surface area (Å²) in [6.07, 6.45) is 0. The number of rotatable bonds is 5. The van der Waals surface area contributed by atoms with Crippen LogP contribution in [-0.4, -0.2) is 24.1 Å². The summed E-state index contributed by atoms with van der Waals surface area (Å²) in [5, 5.41) is 3.27. The lowest BCUT2D eigenvalue weighted by Gasteiger charge is -2.20. The average molecular weight is 376 g/mol. The Bertz CT molecular complexity index is 794. The van der Waals surface area contributed by atoms with Crippen LogP contribution in [0, 0.1) is 0 Å². The summed E-state index contributed by atoms with van der Waals surface area (Å²) in [4.78, 5) is 23.0. The number of benzene rings is 2. The Morgan fingerprint density at radius 3 is 2.31 bits per heavy atom. The van der Waals surface area contributed by atoms with E-state index in [1.165, 1.54) is 6.92 Å². The maximum atomic E-state index is 11.9. The van der Waals surface area contributed by atoms with Gasteiger partial charge in [0.2, 0.25) is 5.91 Å². The van der Waals surface area contributed by atoms with Crippen LogP contribution in [0.15, 0.2) is 42.5 Å². The summed E-state index contributed by atoms with van der Waals surface area (Å²) in [6, 6.07) is 12.4. The molecule has 2 rings (SSSR count). The van der Waals surface area contributed by atoms with Gasteiger partial charge in [0.05, 0.1) is 0 Å². The van der Waals surface area contributed by atoms with Crippen LogP contribution in [0.2, 0.25) is 5.02 Å². The molecule has 0 radical (unpaired) electrons. The normalized spacial score (nSPS) is 11.0. The molecule has 0 fully saturated rings. The second-order valence-electron chi connectivity index (χ2n) is 6.77. The van der Waals surface area contributed by atoms with Crippen molar-refractivity contribution in [3.63, 3.8) is 0 Å². The van der Waals surface area contributed by atoms with Crippen molar-refractivity contribution in [3.8, 4) is 16.9 Å². The van der Waals surface area contributed by atoms with Crippen molar-refractivity contribution >= 4 is 29.2 Å². The molecule has 0 spiro atoms. The summed E-state index contributed by atoms with van der Waals surface area (Å²) in [7, 11) is 0. The van der Waals surface area contributed by atoms with Gasteiger partial charge in [0, 0.05) is 23.2 Å². The first-order chi connectivity index (χ1) is 12.1. The lowest BCUT2D eigenvalue weighted by Crippen LogP contribution is -2.27. The number of nitrogens with one attached hydrogen (secondary N) is 1. The van der Waals surface area contributed by atoms with Gasteiger partial charge in [-0.1, -0.05) is 23.7 Å². The number of hydrogen-bond donors (Lipinski definition) is 1. The quantitative estimate of drug-likeness (QED) is 0.770. The predicted molar refractivity (Wildman–Crippen MR) is 103 cm³/mol. The molecule has 0 atom stereocenters. The van der Waals surface area contributed by atoms with Crippen molar-refractivity contribution in [3.05, 3.63) is 47.5 Å². The molecule has 0 saturated heterocycles. The number of hydrogen-bond acceptors (Lipinski definition) is 4. The molecular weight excluding hydrogens is 354 g/mol. The molecule has 0 aliphatic carbocycles. The molecule has 0 unspecified atom stereocenters. The monoisotopic (exact) mass is 375 g/mol. The molecule has 0 aromatic heterocycles. The fourth-order valence-corrected chi connectivity index (χ4v) is 2.47. The Morgan fingerprint density at radius 1 is 1.08 bits per heavy atom. The molecule has 0 bridgehead atoms. The van der Waals surface area contributed by atoms with Gasteiger partial charge in [-0.05, 0) is 56.7 Å². The number of amides is 1. The van der Waals surface area contributed by atoms with Crippen LogP contribution in [0.1, 0.15) is 27.7 Å². The summed E-state index contributed by atoms with van der Waals surface area (Å²) in [5.74, 6) is -0.0613. The Hall–Kier alpha value is -2.53. The van der Waals surface area contributed by atoms with Crippen LogP contribution in [-0.2, 0) is 14.3 Å². The largest absolute Gasteiger partial charge is 0.481 e. The highest BCUT2D eigenvalue weighted by atomic mass is 35.5. The fourth-order valence-electron chi connectivity index (χ4n) is 2.30. The molecule has 0 saturated carbocycles. The highest BCUT2D eigenvalue weighted by Gasteiger charge is 2.17. The van der Waals surface area contributed by atoms with Crippen LogP contribution >= 0.6 is 11.6 Å². The van der Waals surface area contributed by atoms with Crippen molar-refractivity contribution < 1.29 is 19.1 Å². The van der Waals surface area contributed by atoms with Crippen molar-refractivity contribution in [1.82, 2.24) is 0 Å². The van der Waals surface area contributed by atoms with Gasteiger partial charge in [-0.15, -0.1) is 0 Å². The number of anilines is 1. The minimum Gasteiger partial charge on any atom is -0.481 e. The number of carbonyl (C=O) groups excluding carboxylic acids is 2. The van der Waals surface area contributed by atoms with Gasteiger partial charge in [0.1, 0.15) is 11.4 Å². The van der Waals surface area contributed by atoms with E-state index in [0.717, 1.165) is 11.1 Å². The van der Waals surface area contributed by atoms with Crippen LogP contribution < -0.4 is 10.1 Å². The SMILES string of the molecule is CC(=O)Nc1ccc(-c2cc(Cl)ccc2OCC(=O)OC(C)(C)C)cc1.